The second-order valence-corrected chi connectivity index (χ2v) is 3.99. The van der Waals surface area contributed by atoms with Crippen molar-refractivity contribution >= 4 is 0 Å². The molecule has 1 heterocycles. The Labute approximate surface area is 101 Å². The molecule has 4 heteroatoms. The number of aryl methyl sites for hydroxylation is 1. The van der Waals surface area contributed by atoms with Crippen LogP contribution in [0.3, 0.4) is 0 Å². The Morgan fingerprint density at radius 3 is 2.71 bits per heavy atom. The van der Waals surface area contributed by atoms with Crippen molar-refractivity contribution in [2.75, 3.05) is 0 Å². The first-order valence-electron chi connectivity index (χ1n) is 5.66. The minimum absolute atomic E-state index is 0.117. The van der Waals surface area contributed by atoms with E-state index in [-0.39, 0.29) is 6.04 Å². The topological polar surface area (TPSA) is 39.1 Å². The predicted octanol–water partition coefficient (Wildman–Crippen LogP) is 2.20. The van der Waals surface area contributed by atoms with Gasteiger partial charge in [0.05, 0.1) is 18.3 Å². The third-order valence-corrected chi connectivity index (χ3v) is 2.64. The van der Waals surface area contributed by atoms with Gasteiger partial charge in [-0.2, -0.15) is 10.6 Å². The molecule has 1 unspecified atom stereocenters. The lowest BCUT2D eigenvalue weighted by atomic mass is 10.2. The maximum absolute atomic E-state index is 5.47. The lowest BCUT2D eigenvalue weighted by Gasteiger charge is -2.14. The van der Waals surface area contributed by atoms with Crippen LogP contribution in [0.25, 0.3) is 0 Å². The Balaban J connectivity index is 1.81. The van der Waals surface area contributed by atoms with E-state index in [9.17, 15) is 0 Å². The van der Waals surface area contributed by atoms with Gasteiger partial charge in [-0.05, 0) is 18.6 Å². The first-order valence-corrected chi connectivity index (χ1v) is 5.66. The Kier molecular flexibility index (Phi) is 3.90. The van der Waals surface area contributed by atoms with Gasteiger partial charge in [0, 0.05) is 13.2 Å². The number of rotatable bonds is 5. The van der Waals surface area contributed by atoms with Gasteiger partial charge in [-0.15, -0.1) is 0 Å². The largest absolute Gasteiger partial charge is 0.296 e. The van der Waals surface area contributed by atoms with Gasteiger partial charge >= 0.3 is 0 Å². The molecule has 0 radical (unpaired) electrons. The van der Waals surface area contributed by atoms with E-state index in [0.717, 1.165) is 11.3 Å². The van der Waals surface area contributed by atoms with Gasteiger partial charge in [-0.25, -0.2) is 0 Å². The van der Waals surface area contributed by atoms with Gasteiger partial charge in [-0.1, -0.05) is 30.3 Å². The Hall–Kier alpha value is -1.65. The number of hydroxylamine groups is 1. The molecule has 0 saturated carbocycles. The molecule has 1 atom stereocenters. The minimum Gasteiger partial charge on any atom is -0.296 e. The molecule has 0 aliphatic carbocycles. The molecule has 0 aliphatic rings. The van der Waals surface area contributed by atoms with E-state index in [1.807, 2.05) is 55.1 Å². The van der Waals surface area contributed by atoms with Crippen LogP contribution in [0.15, 0.2) is 42.6 Å². The van der Waals surface area contributed by atoms with Crippen molar-refractivity contribution in [1.82, 2.24) is 15.3 Å². The zero-order valence-corrected chi connectivity index (χ0v) is 10.1. The van der Waals surface area contributed by atoms with Gasteiger partial charge < -0.3 is 0 Å². The maximum atomic E-state index is 5.47. The van der Waals surface area contributed by atoms with Gasteiger partial charge in [0.15, 0.2) is 0 Å². The molecule has 0 aliphatic heterocycles. The molecule has 0 bridgehead atoms. The average molecular weight is 231 g/mol. The number of hydrogen-bond donors (Lipinski definition) is 1. The lowest BCUT2D eigenvalue weighted by Crippen LogP contribution is -2.21. The van der Waals surface area contributed by atoms with E-state index in [0.29, 0.717) is 6.61 Å². The van der Waals surface area contributed by atoms with Crippen LogP contribution < -0.4 is 5.48 Å². The fraction of sp³-hybridized carbons (Fsp3) is 0.308. The molecule has 0 fully saturated rings. The third-order valence-electron chi connectivity index (χ3n) is 2.64. The van der Waals surface area contributed by atoms with E-state index >= 15 is 0 Å². The summed E-state index contributed by atoms with van der Waals surface area (Å²) in [5, 5.41) is 4.13. The standard InChI is InChI=1S/C13H17N3O/c1-11(13-8-9-14-16(13)2)15-17-10-12-6-4-3-5-7-12/h3-9,11,15H,10H2,1-2H3. The Bertz CT molecular complexity index is 453. The van der Waals surface area contributed by atoms with E-state index < -0.39 is 0 Å². The molecule has 1 aromatic heterocycles. The molecule has 0 spiro atoms. The molecule has 0 saturated heterocycles. The molecule has 0 amide bonds. The van der Waals surface area contributed by atoms with Crippen molar-refractivity contribution in [2.45, 2.75) is 19.6 Å². The highest BCUT2D eigenvalue weighted by Gasteiger charge is 2.08. The summed E-state index contributed by atoms with van der Waals surface area (Å²) in [5.74, 6) is 0. The molecule has 4 nitrogen and oxygen atoms in total. The Morgan fingerprint density at radius 2 is 2.06 bits per heavy atom. The number of hydrogen-bond acceptors (Lipinski definition) is 3. The second kappa shape index (κ2) is 5.61. The molecular weight excluding hydrogens is 214 g/mol. The third kappa shape index (κ3) is 3.15. The van der Waals surface area contributed by atoms with Gasteiger partial charge in [-0.3, -0.25) is 9.52 Å². The summed E-state index contributed by atoms with van der Waals surface area (Å²) in [6.07, 6.45) is 1.78. The van der Waals surface area contributed by atoms with Gasteiger partial charge in [0.2, 0.25) is 0 Å². The quantitative estimate of drug-likeness (QED) is 0.802. The van der Waals surface area contributed by atoms with Crippen molar-refractivity contribution < 1.29 is 4.84 Å². The number of nitrogens with one attached hydrogen (secondary N) is 1. The summed E-state index contributed by atoms with van der Waals surface area (Å²) in [4.78, 5) is 5.47. The van der Waals surface area contributed by atoms with Crippen LogP contribution in [-0.2, 0) is 18.5 Å². The molecule has 90 valence electrons. The number of nitrogens with zero attached hydrogens (tertiary/aromatic N) is 2. The zero-order valence-electron chi connectivity index (χ0n) is 10.1. The maximum Gasteiger partial charge on any atom is 0.0933 e. The first-order chi connectivity index (χ1) is 8.27. The van der Waals surface area contributed by atoms with Crippen LogP contribution in [0.4, 0.5) is 0 Å². The highest BCUT2D eigenvalue weighted by molar-refractivity contribution is 5.13. The molecule has 2 rings (SSSR count). The zero-order chi connectivity index (χ0) is 12.1. The van der Waals surface area contributed by atoms with Crippen LogP contribution in [0.2, 0.25) is 0 Å². The van der Waals surface area contributed by atoms with Crippen molar-refractivity contribution in [2.24, 2.45) is 7.05 Å². The Morgan fingerprint density at radius 1 is 1.29 bits per heavy atom. The van der Waals surface area contributed by atoms with E-state index in [4.69, 9.17) is 4.84 Å². The SMILES string of the molecule is CC(NOCc1ccccc1)c1ccnn1C. The minimum atomic E-state index is 0.117. The summed E-state index contributed by atoms with van der Waals surface area (Å²) < 4.78 is 1.84. The van der Waals surface area contributed by atoms with Crippen LogP contribution in [-0.4, -0.2) is 9.78 Å². The average Bonchev–Trinajstić information content (AvgIpc) is 2.77. The molecule has 2 aromatic rings. The molecular formula is C13H17N3O. The normalized spacial score (nSPS) is 12.6. The van der Waals surface area contributed by atoms with E-state index in [2.05, 4.69) is 10.6 Å². The van der Waals surface area contributed by atoms with Crippen molar-refractivity contribution in [3.63, 3.8) is 0 Å². The van der Waals surface area contributed by atoms with E-state index in [1.165, 1.54) is 0 Å². The van der Waals surface area contributed by atoms with Gasteiger partial charge in [0.25, 0.3) is 0 Å². The summed E-state index contributed by atoms with van der Waals surface area (Å²) in [7, 11) is 1.92. The highest BCUT2D eigenvalue weighted by atomic mass is 16.6. The van der Waals surface area contributed by atoms with E-state index in [1.54, 1.807) is 6.20 Å². The van der Waals surface area contributed by atoms with Crippen LogP contribution in [0.5, 0.6) is 0 Å². The van der Waals surface area contributed by atoms with Crippen molar-refractivity contribution in [3.8, 4) is 0 Å². The predicted molar refractivity (Wildman–Crippen MR) is 66.0 cm³/mol. The fourth-order valence-corrected chi connectivity index (χ4v) is 1.69. The summed E-state index contributed by atoms with van der Waals surface area (Å²) in [6, 6.07) is 12.2. The smallest absolute Gasteiger partial charge is 0.0933 e. The van der Waals surface area contributed by atoms with Crippen LogP contribution >= 0.6 is 0 Å². The second-order valence-electron chi connectivity index (χ2n) is 3.99. The lowest BCUT2D eigenvalue weighted by molar-refractivity contribution is 0.00537. The molecule has 17 heavy (non-hydrogen) atoms. The van der Waals surface area contributed by atoms with Gasteiger partial charge in [0.1, 0.15) is 0 Å². The number of aromatic nitrogens is 2. The van der Waals surface area contributed by atoms with Crippen LogP contribution in [0.1, 0.15) is 24.2 Å². The fourth-order valence-electron chi connectivity index (χ4n) is 1.69. The highest BCUT2D eigenvalue weighted by Crippen LogP contribution is 2.10. The van der Waals surface area contributed by atoms with Crippen LogP contribution in [0, 0.1) is 0 Å². The monoisotopic (exact) mass is 231 g/mol. The number of benzene rings is 1. The molecule has 1 aromatic carbocycles. The summed E-state index contributed by atoms with van der Waals surface area (Å²) >= 11 is 0. The van der Waals surface area contributed by atoms with Crippen molar-refractivity contribution in [3.05, 3.63) is 53.9 Å². The van der Waals surface area contributed by atoms with Crippen molar-refractivity contribution in [1.29, 1.82) is 0 Å². The molecule has 1 N–H and O–H groups in total. The first kappa shape index (κ1) is 11.8. The summed E-state index contributed by atoms with van der Waals surface area (Å²) in [5.41, 5.74) is 5.26. The summed E-state index contributed by atoms with van der Waals surface area (Å²) in [6.45, 7) is 2.60.